The maximum atomic E-state index is 5.70. The molecule has 3 N–H and O–H groups in total. The minimum absolute atomic E-state index is 0.0418. The van der Waals surface area contributed by atoms with E-state index in [2.05, 4.69) is 83.1 Å². The zero-order chi connectivity index (χ0) is 13.8. The number of nitrogens with one attached hydrogen (secondary N) is 1. The highest BCUT2D eigenvalue weighted by atomic mass is 127. The van der Waals surface area contributed by atoms with Gasteiger partial charge in [0, 0.05) is 24.9 Å². The van der Waals surface area contributed by atoms with Crippen molar-refractivity contribution >= 4 is 54.5 Å². The summed E-state index contributed by atoms with van der Waals surface area (Å²) in [5.74, 6) is 5.70. The van der Waals surface area contributed by atoms with Gasteiger partial charge in [-0.05, 0) is 80.3 Å². The monoisotopic (exact) mass is 495 g/mol. The predicted octanol–water partition coefficient (Wildman–Crippen LogP) is 3.96. The molecule has 0 saturated heterocycles. The molecule has 0 amide bonds. The van der Waals surface area contributed by atoms with Crippen LogP contribution in [0.3, 0.4) is 0 Å². The van der Waals surface area contributed by atoms with Crippen molar-refractivity contribution < 1.29 is 0 Å². The Balaban J connectivity index is 2.27. The third-order valence-corrected chi connectivity index (χ3v) is 4.56. The lowest BCUT2D eigenvalue weighted by Gasteiger charge is -2.18. The molecular formula is C13H12Br2IN3. The van der Waals surface area contributed by atoms with Crippen molar-refractivity contribution in [3.05, 3.63) is 60.3 Å². The largest absolute Gasteiger partial charge is 0.271 e. The molecule has 2 rings (SSSR count). The summed E-state index contributed by atoms with van der Waals surface area (Å²) in [6.07, 6.45) is 4.41. The fraction of sp³-hybridized carbons (Fsp3) is 0.154. The number of hydrazine groups is 1. The molecule has 0 saturated carbocycles. The summed E-state index contributed by atoms with van der Waals surface area (Å²) in [6, 6.07) is 8.32. The van der Waals surface area contributed by atoms with Crippen LogP contribution < -0.4 is 11.3 Å². The molecule has 3 nitrogen and oxygen atoms in total. The Bertz CT molecular complexity index is 578. The van der Waals surface area contributed by atoms with Crippen LogP contribution in [0.5, 0.6) is 0 Å². The van der Waals surface area contributed by atoms with E-state index in [0.29, 0.717) is 0 Å². The van der Waals surface area contributed by atoms with Crippen molar-refractivity contribution in [2.45, 2.75) is 12.5 Å². The number of nitrogens with zero attached hydrogens (tertiary/aromatic N) is 1. The van der Waals surface area contributed by atoms with Gasteiger partial charge in [-0.1, -0.05) is 15.9 Å². The first kappa shape index (κ1) is 15.4. The van der Waals surface area contributed by atoms with E-state index in [0.717, 1.165) is 26.5 Å². The second-order valence-corrected chi connectivity index (χ2v) is 7.12. The van der Waals surface area contributed by atoms with Crippen molar-refractivity contribution in [3.8, 4) is 0 Å². The van der Waals surface area contributed by atoms with Gasteiger partial charge in [-0.2, -0.15) is 0 Å². The Morgan fingerprint density at radius 1 is 1.26 bits per heavy atom. The highest BCUT2D eigenvalue weighted by Crippen LogP contribution is 2.27. The Morgan fingerprint density at radius 3 is 2.74 bits per heavy atom. The van der Waals surface area contributed by atoms with Crippen LogP contribution in [0.25, 0.3) is 0 Å². The topological polar surface area (TPSA) is 50.9 Å². The smallest absolute Gasteiger partial charge is 0.0512 e. The van der Waals surface area contributed by atoms with Crippen molar-refractivity contribution in [1.29, 1.82) is 0 Å². The number of aromatic nitrogens is 1. The van der Waals surface area contributed by atoms with Crippen molar-refractivity contribution in [2.75, 3.05) is 0 Å². The van der Waals surface area contributed by atoms with Crippen LogP contribution in [-0.4, -0.2) is 4.98 Å². The highest BCUT2D eigenvalue weighted by Gasteiger charge is 2.14. The van der Waals surface area contributed by atoms with E-state index in [-0.39, 0.29) is 6.04 Å². The molecule has 0 fully saturated rings. The third-order valence-electron chi connectivity index (χ3n) is 2.74. The predicted molar refractivity (Wildman–Crippen MR) is 92.6 cm³/mol. The Morgan fingerprint density at radius 2 is 2.05 bits per heavy atom. The summed E-state index contributed by atoms with van der Waals surface area (Å²) in [5, 5.41) is 0. The number of pyridine rings is 1. The maximum absolute atomic E-state index is 5.70. The maximum Gasteiger partial charge on any atom is 0.0512 e. The van der Waals surface area contributed by atoms with Crippen molar-refractivity contribution in [1.82, 2.24) is 10.4 Å². The molecule has 1 aromatic heterocycles. The number of hydrogen-bond donors (Lipinski definition) is 2. The van der Waals surface area contributed by atoms with Gasteiger partial charge >= 0.3 is 0 Å². The molecule has 0 bridgehead atoms. The number of nitrogens with two attached hydrogens (primary N) is 1. The van der Waals surface area contributed by atoms with Crippen LogP contribution in [0, 0.1) is 3.57 Å². The standard InChI is InChI=1S/C13H12Br2IN3/c14-9-3-8(6-18-7-9)4-13(19-17)11-5-10(16)1-2-12(11)15/h1-3,5-7,13,19H,4,17H2. The van der Waals surface area contributed by atoms with Gasteiger partial charge in [0.1, 0.15) is 0 Å². The number of rotatable bonds is 4. The summed E-state index contributed by atoms with van der Waals surface area (Å²) in [6.45, 7) is 0. The quantitative estimate of drug-likeness (QED) is 0.383. The van der Waals surface area contributed by atoms with Gasteiger partial charge < -0.3 is 0 Å². The van der Waals surface area contributed by atoms with Crippen molar-refractivity contribution in [3.63, 3.8) is 0 Å². The fourth-order valence-electron chi connectivity index (χ4n) is 1.84. The molecule has 1 heterocycles. The van der Waals surface area contributed by atoms with Gasteiger partial charge in [0.05, 0.1) is 6.04 Å². The number of hydrogen-bond acceptors (Lipinski definition) is 3. The van der Waals surface area contributed by atoms with Crippen molar-refractivity contribution in [2.24, 2.45) is 5.84 Å². The van der Waals surface area contributed by atoms with Gasteiger partial charge in [0.25, 0.3) is 0 Å². The molecule has 19 heavy (non-hydrogen) atoms. The van der Waals surface area contributed by atoms with Gasteiger partial charge in [-0.25, -0.2) is 0 Å². The Kier molecular flexibility index (Phi) is 5.76. The average molecular weight is 497 g/mol. The Hall–Kier alpha value is -0.0200. The summed E-state index contributed by atoms with van der Waals surface area (Å²) in [5.41, 5.74) is 5.15. The normalized spacial score (nSPS) is 12.4. The molecule has 1 atom stereocenters. The second-order valence-electron chi connectivity index (χ2n) is 4.10. The van der Waals surface area contributed by atoms with Crippen LogP contribution in [0.1, 0.15) is 17.2 Å². The van der Waals surface area contributed by atoms with E-state index in [1.165, 1.54) is 3.57 Å². The minimum atomic E-state index is 0.0418. The van der Waals surface area contributed by atoms with Gasteiger partial charge in [0.15, 0.2) is 0 Å². The molecular weight excluding hydrogens is 485 g/mol. The third kappa shape index (κ3) is 4.22. The number of halogens is 3. The van der Waals surface area contributed by atoms with E-state index in [1.807, 2.05) is 12.3 Å². The SMILES string of the molecule is NNC(Cc1cncc(Br)c1)c1cc(I)ccc1Br. The van der Waals surface area contributed by atoms with Crippen LogP contribution in [0.15, 0.2) is 45.6 Å². The van der Waals surface area contributed by atoms with Crippen LogP contribution in [0.4, 0.5) is 0 Å². The van der Waals surface area contributed by atoms with E-state index >= 15 is 0 Å². The lowest BCUT2D eigenvalue weighted by atomic mass is 10.0. The van der Waals surface area contributed by atoms with Gasteiger partial charge in [-0.15, -0.1) is 0 Å². The molecule has 0 aliphatic carbocycles. The van der Waals surface area contributed by atoms with Crippen LogP contribution in [0.2, 0.25) is 0 Å². The first-order valence-corrected chi connectivity index (χ1v) is 8.27. The Labute approximate surface area is 142 Å². The zero-order valence-corrected chi connectivity index (χ0v) is 15.2. The van der Waals surface area contributed by atoms with Gasteiger partial charge in [0.2, 0.25) is 0 Å². The summed E-state index contributed by atoms with van der Waals surface area (Å²) >= 11 is 9.31. The summed E-state index contributed by atoms with van der Waals surface area (Å²) < 4.78 is 3.21. The zero-order valence-electron chi connectivity index (χ0n) is 9.91. The molecule has 1 unspecified atom stereocenters. The fourth-order valence-corrected chi connectivity index (χ4v) is 3.29. The average Bonchev–Trinajstić information content (AvgIpc) is 2.39. The molecule has 0 radical (unpaired) electrons. The lowest BCUT2D eigenvalue weighted by Crippen LogP contribution is -2.30. The molecule has 1 aromatic carbocycles. The lowest BCUT2D eigenvalue weighted by molar-refractivity contribution is 0.549. The van der Waals surface area contributed by atoms with E-state index in [1.54, 1.807) is 6.20 Å². The van der Waals surface area contributed by atoms with Gasteiger partial charge in [-0.3, -0.25) is 16.3 Å². The van der Waals surface area contributed by atoms with Crippen LogP contribution in [-0.2, 0) is 6.42 Å². The van der Waals surface area contributed by atoms with E-state index in [9.17, 15) is 0 Å². The molecule has 100 valence electrons. The minimum Gasteiger partial charge on any atom is -0.271 e. The second kappa shape index (κ2) is 7.12. The summed E-state index contributed by atoms with van der Waals surface area (Å²) in [7, 11) is 0. The molecule has 2 aromatic rings. The van der Waals surface area contributed by atoms with Crippen LogP contribution >= 0.6 is 54.5 Å². The summed E-state index contributed by atoms with van der Waals surface area (Å²) in [4.78, 5) is 4.18. The first-order valence-electron chi connectivity index (χ1n) is 5.60. The molecule has 0 spiro atoms. The number of benzene rings is 1. The highest BCUT2D eigenvalue weighted by molar-refractivity contribution is 14.1. The van der Waals surface area contributed by atoms with E-state index < -0.39 is 0 Å². The molecule has 0 aliphatic rings. The van der Waals surface area contributed by atoms with E-state index in [4.69, 9.17) is 5.84 Å². The first-order chi connectivity index (χ1) is 9.10. The molecule has 6 heteroatoms. The molecule has 0 aliphatic heterocycles.